The molecule has 18 heavy (non-hydrogen) atoms. The first-order valence-electron chi connectivity index (χ1n) is 8.11. The largest absolute Gasteiger partial charge is 0.328 e. The molecular formula is C16H32N2. The van der Waals surface area contributed by atoms with Gasteiger partial charge in [-0.3, -0.25) is 4.90 Å². The molecule has 2 saturated heterocycles. The Morgan fingerprint density at radius 3 is 2.22 bits per heavy atom. The van der Waals surface area contributed by atoms with Gasteiger partial charge in [-0.25, -0.2) is 0 Å². The fourth-order valence-corrected chi connectivity index (χ4v) is 4.15. The Morgan fingerprint density at radius 2 is 1.67 bits per heavy atom. The maximum absolute atomic E-state index is 6.20. The van der Waals surface area contributed by atoms with Crippen molar-refractivity contribution in [2.45, 2.75) is 96.3 Å². The molecule has 0 aliphatic carbocycles. The lowest BCUT2D eigenvalue weighted by Gasteiger charge is -2.51. The SMILES string of the molecule is CC(C)CCCC(C)N1C2CCCC1CC(N)C2. The van der Waals surface area contributed by atoms with Gasteiger partial charge in [-0.2, -0.15) is 0 Å². The van der Waals surface area contributed by atoms with Crippen LogP contribution in [0.1, 0.15) is 72.1 Å². The van der Waals surface area contributed by atoms with Crippen LogP contribution in [0.15, 0.2) is 0 Å². The number of hydrogen-bond acceptors (Lipinski definition) is 2. The normalized spacial score (nSPS) is 34.8. The van der Waals surface area contributed by atoms with Crippen LogP contribution in [0.25, 0.3) is 0 Å². The summed E-state index contributed by atoms with van der Waals surface area (Å²) in [6.45, 7) is 7.11. The molecule has 2 fully saturated rings. The van der Waals surface area contributed by atoms with E-state index in [1.807, 2.05) is 0 Å². The summed E-state index contributed by atoms with van der Waals surface area (Å²) in [6, 6.07) is 2.83. The second-order valence-corrected chi connectivity index (χ2v) is 7.09. The Hall–Kier alpha value is -0.0800. The molecule has 2 rings (SSSR count). The van der Waals surface area contributed by atoms with Gasteiger partial charge in [0.2, 0.25) is 0 Å². The zero-order valence-corrected chi connectivity index (χ0v) is 12.6. The van der Waals surface area contributed by atoms with Crippen LogP contribution >= 0.6 is 0 Å². The Labute approximate surface area is 113 Å². The molecule has 2 aliphatic rings. The van der Waals surface area contributed by atoms with E-state index in [1.54, 1.807) is 0 Å². The molecule has 0 aromatic rings. The fourth-order valence-electron chi connectivity index (χ4n) is 4.15. The summed E-state index contributed by atoms with van der Waals surface area (Å²) >= 11 is 0. The number of fused-ring (bicyclic) bond motifs is 2. The Balaban J connectivity index is 1.86. The van der Waals surface area contributed by atoms with Crippen molar-refractivity contribution in [3.05, 3.63) is 0 Å². The molecular weight excluding hydrogens is 220 g/mol. The van der Waals surface area contributed by atoms with E-state index in [4.69, 9.17) is 5.73 Å². The standard InChI is InChI=1S/C16H32N2/c1-12(2)6-4-7-13(3)18-15-8-5-9-16(18)11-14(17)10-15/h12-16H,4-11,17H2,1-3H3. The quantitative estimate of drug-likeness (QED) is 0.811. The van der Waals surface area contributed by atoms with Crippen molar-refractivity contribution in [1.29, 1.82) is 0 Å². The van der Waals surface area contributed by atoms with E-state index in [9.17, 15) is 0 Å². The maximum Gasteiger partial charge on any atom is 0.0116 e. The topological polar surface area (TPSA) is 29.3 Å². The van der Waals surface area contributed by atoms with Gasteiger partial charge in [0.15, 0.2) is 0 Å². The molecule has 0 saturated carbocycles. The van der Waals surface area contributed by atoms with Crippen LogP contribution in [-0.4, -0.2) is 29.1 Å². The van der Waals surface area contributed by atoms with E-state index >= 15 is 0 Å². The average molecular weight is 252 g/mol. The minimum atomic E-state index is 0.472. The maximum atomic E-state index is 6.20. The highest BCUT2D eigenvalue weighted by Crippen LogP contribution is 2.35. The van der Waals surface area contributed by atoms with Gasteiger partial charge in [0.05, 0.1) is 0 Å². The highest BCUT2D eigenvalue weighted by molar-refractivity contribution is 4.95. The van der Waals surface area contributed by atoms with Crippen LogP contribution in [0.3, 0.4) is 0 Å². The zero-order valence-electron chi connectivity index (χ0n) is 12.6. The second kappa shape index (κ2) is 6.38. The number of nitrogens with zero attached hydrogens (tertiary/aromatic N) is 1. The van der Waals surface area contributed by atoms with Crippen LogP contribution in [0.4, 0.5) is 0 Å². The van der Waals surface area contributed by atoms with Crippen molar-refractivity contribution in [1.82, 2.24) is 4.90 Å². The van der Waals surface area contributed by atoms with E-state index < -0.39 is 0 Å². The molecule has 2 heterocycles. The predicted octanol–water partition coefficient (Wildman–Crippen LogP) is 3.55. The summed E-state index contributed by atoms with van der Waals surface area (Å²) < 4.78 is 0. The lowest BCUT2D eigenvalue weighted by molar-refractivity contribution is -0.00300. The minimum absolute atomic E-state index is 0.472. The van der Waals surface area contributed by atoms with Crippen LogP contribution in [0.5, 0.6) is 0 Å². The molecule has 2 aliphatic heterocycles. The molecule has 106 valence electrons. The number of hydrogen-bond donors (Lipinski definition) is 1. The summed E-state index contributed by atoms with van der Waals surface area (Å²) in [5.74, 6) is 0.853. The van der Waals surface area contributed by atoms with E-state index in [-0.39, 0.29) is 0 Å². The molecule has 0 spiro atoms. The lowest BCUT2D eigenvalue weighted by Crippen LogP contribution is -2.58. The zero-order chi connectivity index (χ0) is 13.1. The molecule has 0 aromatic heterocycles. The van der Waals surface area contributed by atoms with Gasteiger partial charge in [0.25, 0.3) is 0 Å². The molecule has 2 N–H and O–H groups in total. The summed E-state index contributed by atoms with van der Waals surface area (Å²) in [7, 11) is 0. The van der Waals surface area contributed by atoms with E-state index in [0.29, 0.717) is 6.04 Å². The Kier molecular flexibility index (Phi) is 5.08. The Morgan fingerprint density at radius 1 is 1.06 bits per heavy atom. The number of piperidine rings is 2. The summed E-state index contributed by atoms with van der Waals surface area (Å²) in [5.41, 5.74) is 6.20. The van der Waals surface area contributed by atoms with Crippen LogP contribution in [0, 0.1) is 5.92 Å². The Bertz CT molecular complexity index is 237. The van der Waals surface area contributed by atoms with Gasteiger partial charge < -0.3 is 5.73 Å². The third-order valence-electron chi connectivity index (χ3n) is 4.98. The fraction of sp³-hybridized carbons (Fsp3) is 1.00. The van der Waals surface area contributed by atoms with Gasteiger partial charge in [0.1, 0.15) is 0 Å². The number of rotatable bonds is 5. The van der Waals surface area contributed by atoms with Gasteiger partial charge >= 0.3 is 0 Å². The van der Waals surface area contributed by atoms with Crippen molar-refractivity contribution in [3.8, 4) is 0 Å². The molecule has 0 radical (unpaired) electrons. The van der Waals surface area contributed by atoms with Crippen molar-refractivity contribution in [2.75, 3.05) is 0 Å². The summed E-state index contributed by atoms with van der Waals surface area (Å²) in [4.78, 5) is 2.84. The molecule has 3 unspecified atom stereocenters. The molecule has 2 nitrogen and oxygen atoms in total. The van der Waals surface area contributed by atoms with Gasteiger partial charge in [0, 0.05) is 24.2 Å². The predicted molar refractivity (Wildman–Crippen MR) is 78.6 cm³/mol. The second-order valence-electron chi connectivity index (χ2n) is 7.09. The smallest absolute Gasteiger partial charge is 0.0116 e. The van der Waals surface area contributed by atoms with E-state index in [0.717, 1.165) is 24.0 Å². The van der Waals surface area contributed by atoms with Crippen LogP contribution < -0.4 is 5.73 Å². The number of nitrogens with two attached hydrogens (primary N) is 1. The first-order valence-corrected chi connectivity index (χ1v) is 8.11. The molecule has 0 aromatic carbocycles. The van der Waals surface area contributed by atoms with E-state index in [2.05, 4.69) is 25.7 Å². The molecule has 0 amide bonds. The van der Waals surface area contributed by atoms with E-state index in [1.165, 1.54) is 51.4 Å². The van der Waals surface area contributed by atoms with Crippen molar-refractivity contribution in [3.63, 3.8) is 0 Å². The lowest BCUT2D eigenvalue weighted by atomic mass is 9.80. The first kappa shape index (κ1) is 14.3. The van der Waals surface area contributed by atoms with Crippen LogP contribution in [-0.2, 0) is 0 Å². The first-order chi connectivity index (χ1) is 8.58. The third-order valence-corrected chi connectivity index (χ3v) is 4.98. The summed E-state index contributed by atoms with van der Waals surface area (Å²) in [5, 5.41) is 0. The van der Waals surface area contributed by atoms with Crippen molar-refractivity contribution >= 4 is 0 Å². The van der Waals surface area contributed by atoms with Crippen molar-refractivity contribution in [2.24, 2.45) is 11.7 Å². The highest BCUT2D eigenvalue weighted by Gasteiger charge is 2.38. The highest BCUT2D eigenvalue weighted by atomic mass is 15.2. The third kappa shape index (κ3) is 3.48. The molecule has 2 heteroatoms. The van der Waals surface area contributed by atoms with Gasteiger partial charge in [-0.15, -0.1) is 0 Å². The average Bonchev–Trinajstić information content (AvgIpc) is 2.26. The summed E-state index contributed by atoms with van der Waals surface area (Å²) in [6.07, 6.45) is 10.8. The molecule has 3 atom stereocenters. The van der Waals surface area contributed by atoms with Gasteiger partial charge in [-0.1, -0.05) is 33.1 Å². The molecule has 2 bridgehead atoms. The van der Waals surface area contributed by atoms with Crippen LogP contribution in [0.2, 0.25) is 0 Å². The monoisotopic (exact) mass is 252 g/mol. The minimum Gasteiger partial charge on any atom is -0.328 e. The van der Waals surface area contributed by atoms with Gasteiger partial charge in [-0.05, 0) is 44.9 Å². The van der Waals surface area contributed by atoms with Crippen molar-refractivity contribution < 1.29 is 0 Å².